The highest BCUT2D eigenvalue weighted by Gasteiger charge is 2.24. The first-order valence-electron chi connectivity index (χ1n) is 10.6. The van der Waals surface area contributed by atoms with Crippen molar-refractivity contribution in [2.75, 3.05) is 7.05 Å². The molecule has 0 radical (unpaired) electrons. The molecule has 1 aliphatic carbocycles. The van der Waals surface area contributed by atoms with Crippen LogP contribution in [0, 0.1) is 0 Å². The van der Waals surface area contributed by atoms with Crippen LogP contribution in [-0.4, -0.2) is 35.9 Å². The van der Waals surface area contributed by atoms with Crippen LogP contribution in [0.2, 0.25) is 0 Å². The zero-order valence-electron chi connectivity index (χ0n) is 18.6. The lowest BCUT2D eigenvalue weighted by Crippen LogP contribution is -2.37. The van der Waals surface area contributed by atoms with Gasteiger partial charge in [-0.1, -0.05) is 45.0 Å². The Kier molecular flexibility index (Phi) is 6.49. The molecule has 1 atom stereocenters. The molecule has 1 saturated carbocycles. The number of likely N-dealkylation sites (N-methyl/N-ethyl adjacent to an activating group) is 1. The second kappa shape index (κ2) is 8.90. The lowest BCUT2D eigenvalue weighted by molar-refractivity contribution is -0.137. The molecular formula is C25H32N2O3. The second-order valence-electron chi connectivity index (χ2n) is 9.18. The summed E-state index contributed by atoms with van der Waals surface area (Å²) in [7, 11) is 1.77. The summed E-state index contributed by atoms with van der Waals surface area (Å²) < 4.78 is 5.92. The van der Waals surface area contributed by atoms with Gasteiger partial charge in [0.05, 0.1) is 0 Å². The van der Waals surface area contributed by atoms with E-state index in [0.717, 1.165) is 18.4 Å². The van der Waals surface area contributed by atoms with Gasteiger partial charge in [-0.3, -0.25) is 9.59 Å². The average molecular weight is 409 g/mol. The van der Waals surface area contributed by atoms with Crippen molar-refractivity contribution >= 4 is 11.8 Å². The molecule has 160 valence electrons. The van der Waals surface area contributed by atoms with E-state index in [2.05, 4.69) is 32.2 Å². The lowest BCUT2D eigenvalue weighted by Gasteiger charge is -2.24. The summed E-state index contributed by atoms with van der Waals surface area (Å²) in [4.78, 5) is 26.5. The SMILES string of the molecule is CC(Oc1cccc(C(C)(C)C)c1)C(=O)N(C)Cc1ccc(C(=O)NC2CC2)cc1. The molecule has 0 aliphatic heterocycles. The van der Waals surface area contributed by atoms with Crippen LogP contribution in [-0.2, 0) is 16.8 Å². The van der Waals surface area contributed by atoms with Gasteiger partial charge in [0.1, 0.15) is 5.75 Å². The number of carbonyl (C=O) groups is 2. The molecule has 30 heavy (non-hydrogen) atoms. The Morgan fingerprint density at radius 2 is 1.80 bits per heavy atom. The summed E-state index contributed by atoms with van der Waals surface area (Å²) in [6.45, 7) is 8.67. The maximum Gasteiger partial charge on any atom is 0.263 e. The van der Waals surface area contributed by atoms with Gasteiger partial charge in [-0.15, -0.1) is 0 Å². The largest absolute Gasteiger partial charge is 0.481 e. The number of hydrogen-bond acceptors (Lipinski definition) is 3. The van der Waals surface area contributed by atoms with E-state index in [1.54, 1.807) is 18.9 Å². The molecule has 0 bridgehead atoms. The second-order valence-corrected chi connectivity index (χ2v) is 9.18. The standard InChI is InChI=1S/C25H32N2O3/c1-17(30-22-8-6-7-20(15-22)25(2,3)4)24(29)27(5)16-18-9-11-19(12-10-18)23(28)26-21-13-14-21/h6-12,15,17,21H,13-14,16H2,1-5H3,(H,26,28). The highest BCUT2D eigenvalue weighted by molar-refractivity contribution is 5.94. The van der Waals surface area contributed by atoms with Crippen molar-refractivity contribution in [3.8, 4) is 5.75 Å². The molecule has 0 spiro atoms. The van der Waals surface area contributed by atoms with Gasteiger partial charge >= 0.3 is 0 Å². The van der Waals surface area contributed by atoms with Crippen molar-refractivity contribution < 1.29 is 14.3 Å². The summed E-state index contributed by atoms with van der Waals surface area (Å²) in [6.07, 6.45) is 1.54. The molecule has 0 saturated heterocycles. The van der Waals surface area contributed by atoms with Crippen LogP contribution in [0.25, 0.3) is 0 Å². The van der Waals surface area contributed by atoms with Gasteiger partial charge in [0.15, 0.2) is 6.10 Å². The fourth-order valence-corrected chi connectivity index (χ4v) is 3.21. The van der Waals surface area contributed by atoms with E-state index in [1.807, 2.05) is 42.5 Å². The van der Waals surface area contributed by atoms with Crippen LogP contribution < -0.4 is 10.1 Å². The molecule has 2 aromatic rings. The molecule has 2 aromatic carbocycles. The van der Waals surface area contributed by atoms with Gasteiger partial charge in [-0.2, -0.15) is 0 Å². The van der Waals surface area contributed by atoms with E-state index in [-0.39, 0.29) is 17.2 Å². The lowest BCUT2D eigenvalue weighted by atomic mass is 9.87. The minimum atomic E-state index is -0.589. The average Bonchev–Trinajstić information content (AvgIpc) is 3.51. The van der Waals surface area contributed by atoms with Crippen LogP contribution in [0.1, 0.15) is 62.0 Å². The van der Waals surface area contributed by atoms with Crippen LogP contribution in [0.15, 0.2) is 48.5 Å². The highest BCUT2D eigenvalue weighted by atomic mass is 16.5. The maximum atomic E-state index is 12.8. The number of amides is 2. The minimum Gasteiger partial charge on any atom is -0.481 e. The van der Waals surface area contributed by atoms with Crippen LogP contribution >= 0.6 is 0 Å². The third-order valence-corrected chi connectivity index (χ3v) is 5.29. The van der Waals surface area contributed by atoms with Gasteiger partial charge < -0.3 is 15.0 Å². The van der Waals surface area contributed by atoms with Gasteiger partial charge in [-0.05, 0) is 60.6 Å². The Morgan fingerprint density at radius 1 is 1.13 bits per heavy atom. The van der Waals surface area contributed by atoms with Gasteiger partial charge in [-0.25, -0.2) is 0 Å². The van der Waals surface area contributed by atoms with Crippen LogP contribution in [0.5, 0.6) is 5.75 Å². The number of benzene rings is 2. The Bertz CT molecular complexity index is 895. The maximum absolute atomic E-state index is 12.8. The predicted molar refractivity (Wildman–Crippen MR) is 119 cm³/mol. The summed E-state index contributed by atoms with van der Waals surface area (Å²) >= 11 is 0. The molecule has 2 amide bonds. The number of nitrogens with one attached hydrogen (secondary N) is 1. The smallest absolute Gasteiger partial charge is 0.263 e. The Morgan fingerprint density at radius 3 is 2.40 bits per heavy atom. The third-order valence-electron chi connectivity index (χ3n) is 5.29. The Labute approximate surface area is 179 Å². The zero-order valence-corrected chi connectivity index (χ0v) is 18.6. The molecule has 1 aliphatic rings. The van der Waals surface area contributed by atoms with Gasteiger partial charge in [0, 0.05) is 25.2 Å². The van der Waals surface area contributed by atoms with E-state index in [4.69, 9.17) is 4.74 Å². The first kappa shape index (κ1) is 21.9. The minimum absolute atomic E-state index is 0.0190. The van der Waals surface area contributed by atoms with Crippen molar-refractivity contribution in [1.82, 2.24) is 10.2 Å². The fourth-order valence-electron chi connectivity index (χ4n) is 3.21. The quantitative estimate of drug-likeness (QED) is 0.743. The van der Waals surface area contributed by atoms with Gasteiger partial charge in [0.2, 0.25) is 0 Å². The number of hydrogen-bond donors (Lipinski definition) is 1. The normalized spacial score (nSPS) is 14.7. The molecular weight excluding hydrogens is 376 g/mol. The van der Waals surface area contributed by atoms with Crippen molar-refractivity contribution in [2.24, 2.45) is 0 Å². The van der Waals surface area contributed by atoms with Crippen molar-refractivity contribution in [3.05, 3.63) is 65.2 Å². The monoisotopic (exact) mass is 408 g/mol. The fraction of sp³-hybridized carbons (Fsp3) is 0.440. The topological polar surface area (TPSA) is 58.6 Å². The van der Waals surface area contributed by atoms with E-state index in [9.17, 15) is 9.59 Å². The van der Waals surface area contributed by atoms with Crippen molar-refractivity contribution in [1.29, 1.82) is 0 Å². The molecule has 1 fully saturated rings. The third kappa shape index (κ3) is 5.85. The summed E-state index contributed by atoms with van der Waals surface area (Å²) in [5, 5.41) is 2.98. The molecule has 1 N–H and O–H groups in total. The highest BCUT2D eigenvalue weighted by Crippen LogP contribution is 2.26. The van der Waals surface area contributed by atoms with Gasteiger partial charge in [0.25, 0.3) is 11.8 Å². The van der Waals surface area contributed by atoms with Crippen LogP contribution in [0.4, 0.5) is 0 Å². The zero-order chi connectivity index (χ0) is 21.9. The Balaban J connectivity index is 1.56. The number of ether oxygens (including phenoxy) is 1. The molecule has 5 nitrogen and oxygen atoms in total. The van der Waals surface area contributed by atoms with Crippen LogP contribution in [0.3, 0.4) is 0 Å². The predicted octanol–water partition coefficient (Wildman–Crippen LogP) is 4.30. The number of rotatable bonds is 7. The number of nitrogens with zero attached hydrogens (tertiary/aromatic N) is 1. The van der Waals surface area contributed by atoms with Crippen molar-refractivity contribution in [2.45, 2.75) is 64.6 Å². The van der Waals surface area contributed by atoms with E-state index in [1.165, 1.54) is 5.56 Å². The molecule has 5 heteroatoms. The first-order chi connectivity index (χ1) is 14.1. The number of carbonyl (C=O) groups excluding carboxylic acids is 2. The molecule has 0 heterocycles. The molecule has 3 rings (SSSR count). The van der Waals surface area contributed by atoms with E-state index in [0.29, 0.717) is 23.9 Å². The van der Waals surface area contributed by atoms with E-state index < -0.39 is 6.10 Å². The summed E-state index contributed by atoms with van der Waals surface area (Å²) in [6, 6.07) is 15.6. The molecule has 1 unspecified atom stereocenters. The summed E-state index contributed by atoms with van der Waals surface area (Å²) in [5.74, 6) is 0.572. The van der Waals surface area contributed by atoms with Crippen molar-refractivity contribution in [3.63, 3.8) is 0 Å². The summed E-state index contributed by atoms with van der Waals surface area (Å²) in [5.41, 5.74) is 2.80. The first-order valence-corrected chi connectivity index (χ1v) is 10.6. The molecule has 0 aromatic heterocycles. The van der Waals surface area contributed by atoms with E-state index >= 15 is 0 Å². The Hall–Kier alpha value is -2.82.